The molecule has 0 amide bonds. The number of hydrogen-bond acceptors (Lipinski definition) is 3. The average molecular weight is 171 g/mol. The summed E-state index contributed by atoms with van der Waals surface area (Å²) in [6.07, 6.45) is 1.34. The molecule has 3 nitrogen and oxygen atoms in total. The van der Waals surface area contributed by atoms with Crippen LogP contribution in [0.25, 0.3) is 0 Å². The van der Waals surface area contributed by atoms with Gasteiger partial charge in [0.05, 0.1) is 13.0 Å². The van der Waals surface area contributed by atoms with Gasteiger partial charge in [0.1, 0.15) is 0 Å². The summed E-state index contributed by atoms with van der Waals surface area (Å²) in [6.45, 7) is 6.95. The van der Waals surface area contributed by atoms with Gasteiger partial charge < -0.3 is 4.74 Å². The van der Waals surface area contributed by atoms with Crippen molar-refractivity contribution < 1.29 is 9.53 Å². The van der Waals surface area contributed by atoms with Crippen LogP contribution in [0.5, 0.6) is 0 Å². The maximum atomic E-state index is 10.9. The first kappa shape index (κ1) is 11.1. The van der Waals surface area contributed by atoms with Crippen LogP contribution in [-0.4, -0.2) is 24.8 Å². The topological polar surface area (TPSA) is 38.7 Å². The van der Waals surface area contributed by atoms with Crippen molar-refractivity contribution in [3.63, 3.8) is 0 Å². The Morgan fingerprint density at radius 2 is 2.08 bits per heavy atom. The summed E-state index contributed by atoms with van der Waals surface area (Å²) in [5, 5.41) is 0. The van der Waals surface area contributed by atoms with E-state index in [0.29, 0.717) is 13.0 Å². The van der Waals surface area contributed by atoms with E-state index in [0.717, 1.165) is 18.7 Å². The SMILES string of the molecule is CCCN=C(C)CC(=O)OCC. The van der Waals surface area contributed by atoms with E-state index in [4.69, 9.17) is 4.74 Å². The molecule has 0 saturated heterocycles. The number of aliphatic imine (C=N–C) groups is 1. The fraction of sp³-hybridized carbons (Fsp3) is 0.778. The number of rotatable bonds is 5. The predicted octanol–water partition coefficient (Wildman–Crippen LogP) is 1.81. The summed E-state index contributed by atoms with van der Waals surface area (Å²) in [4.78, 5) is 15.1. The van der Waals surface area contributed by atoms with Crippen molar-refractivity contribution in [1.82, 2.24) is 0 Å². The summed E-state index contributed by atoms with van der Waals surface area (Å²) in [7, 11) is 0. The van der Waals surface area contributed by atoms with E-state index in [-0.39, 0.29) is 5.97 Å². The minimum Gasteiger partial charge on any atom is -0.466 e. The van der Waals surface area contributed by atoms with Crippen molar-refractivity contribution in [3.8, 4) is 0 Å². The second kappa shape index (κ2) is 6.83. The summed E-state index contributed by atoms with van der Waals surface area (Å²) in [5.74, 6) is -0.185. The first-order valence-electron chi connectivity index (χ1n) is 4.36. The maximum Gasteiger partial charge on any atom is 0.311 e. The lowest BCUT2D eigenvalue weighted by Gasteiger charge is -2.00. The third-order valence-corrected chi connectivity index (χ3v) is 1.31. The summed E-state index contributed by atoms with van der Waals surface area (Å²) >= 11 is 0. The highest BCUT2D eigenvalue weighted by Gasteiger charge is 2.02. The summed E-state index contributed by atoms with van der Waals surface area (Å²) in [6, 6.07) is 0. The molecule has 0 heterocycles. The molecule has 0 aromatic rings. The standard InChI is InChI=1S/C9H17NO2/c1-4-6-10-8(3)7-9(11)12-5-2/h4-7H2,1-3H3. The van der Waals surface area contributed by atoms with Crippen molar-refractivity contribution in [1.29, 1.82) is 0 Å². The molecule has 0 radical (unpaired) electrons. The van der Waals surface area contributed by atoms with E-state index < -0.39 is 0 Å². The Bertz CT molecular complexity index is 164. The van der Waals surface area contributed by atoms with Crippen molar-refractivity contribution in [2.75, 3.05) is 13.2 Å². The molecule has 70 valence electrons. The van der Waals surface area contributed by atoms with Crippen molar-refractivity contribution in [2.24, 2.45) is 4.99 Å². The van der Waals surface area contributed by atoms with E-state index in [1.165, 1.54) is 0 Å². The Balaban J connectivity index is 3.67. The van der Waals surface area contributed by atoms with Crippen LogP contribution in [0, 0.1) is 0 Å². The maximum absolute atomic E-state index is 10.9. The second-order valence-electron chi connectivity index (χ2n) is 2.60. The third kappa shape index (κ3) is 5.89. The van der Waals surface area contributed by atoms with Crippen LogP contribution in [0.4, 0.5) is 0 Å². The van der Waals surface area contributed by atoms with E-state index in [9.17, 15) is 4.79 Å². The predicted molar refractivity (Wildman–Crippen MR) is 49.5 cm³/mol. The average Bonchev–Trinajstić information content (AvgIpc) is 2.01. The van der Waals surface area contributed by atoms with Crippen LogP contribution < -0.4 is 0 Å². The largest absolute Gasteiger partial charge is 0.466 e. The molecule has 0 aromatic heterocycles. The second-order valence-corrected chi connectivity index (χ2v) is 2.60. The Morgan fingerprint density at radius 3 is 2.58 bits per heavy atom. The third-order valence-electron chi connectivity index (χ3n) is 1.31. The number of esters is 1. The molecule has 0 fully saturated rings. The number of ether oxygens (including phenoxy) is 1. The van der Waals surface area contributed by atoms with Gasteiger partial charge in [0.2, 0.25) is 0 Å². The highest BCUT2D eigenvalue weighted by atomic mass is 16.5. The lowest BCUT2D eigenvalue weighted by molar-refractivity contribution is -0.141. The van der Waals surface area contributed by atoms with Gasteiger partial charge in [0, 0.05) is 12.3 Å². The van der Waals surface area contributed by atoms with Gasteiger partial charge in [-0.25, -0.2) is 0 Å². The quantitative estimate of drug-likeness (QED) is 0.467. The molecule has 3 heteroatoms. The zero-order valence-corrected chi connectivity index (χ0v) is 8.09. The molecule has 0 aliphatic rings. The highest BCUT2D eigenvalue weighted by Crippen LogP contribution is 1.91. The fourth-order valence-electron chi connectivity index (χ4n) is 0.779. The molecule has 0 spiro atoms. The van der Waals surface area contributed by atoms with Gasteiger partial charge in [0.15, 0.2) is 0 Å². The molecule has 0 bridgehead atoms. The normalized spacial score (nSPS) is 11.4. The molecular formula is C9H17NO2. The highest BCUT2D eigenvalue weighted by molar-refractivity contribution is 5.97. The Morgan fingerprint density at radius 1 is 1.42 bits per heavy atom. The van der Waals surface area contributed by atoms with Crippen LogP contribution in [-0.2, 0) is 9.53 Å². The molecule has 0 N–H and O–H groups in total. The molecule has 0 unspecified atom stereocenters. The Labute approximate surface area is 73.8 Å². The zero-order valence-electron chi connectivity index (χ0n) is 8.09. The molecule has 0 aliphatic carbocycles. The van der Waals surface area contributed by atoms with Gasteiger partial charge >= 0.3 is 5.97 Å². The zero-order chi connectivity index (χ0) is 9.40. The minimum absolute atomic E-state index is 0.185. The fourth-order valence-corrected chi connectivity index (χ4v) is 0.779. The van der Waals surface area contributed by atoms with Gasteiger partial charge in [-0.15, -0.1) is 0 Å². The van der Waals surface area contributed by atoms with Crippen molar-refractivity contribution >= 4 is 11.7 Å². The molecule has 0 rings (SSSR count). The monoisotopic (exact) mass is 171 g/mol. The summed E-state index contributed by atoms with van der Waals surface area (Å²) in [5.41, 5.74) is 0.857. The molecule has 12 heavy (non-hydrogen) atoms. The molecular weight excluding hydrogens is 154 g/mol. The van der Waals surface area contributed by atoms with Gasteiger partial charge in [0.25, 0.3) is 0 Å². The van der Waals surface area contributed by atoms with E-state index in [2.05, 4.69) is 11.9 Å². The molecule has 0 saturated carbocycles. The molecule has 0 atom stereocenters. The van der Waals surface area contributed by atoms with Gasteiger partial charge in [-0.05, 0) is 20.3 Å². The van der Waals surface area contributed by atoms with Crippen molar-refractivity contribution in [3.05, 3.63) is 0 Å². The number of carbonyl (C=O) groups is 1. The van der Waals surface area contributed by atoms with E-state index in [1.54, 1.807) is 6.92 Å². The minimum atomic E-state index is -0.185. The van der Waals surface area contributed by atoms with Crippen LogP contribution in [0.15, 0.2) is 4.99 Å². The lowest BCUT2D eigenvalue weighted by Crippen LogP contribution is -2.09. The lowest BCUT2D eigenvalue weighted by atomic mass is 10.3. The smallest absolute Gasteiger partial charge is 0.311 e. The van der Waals surface area contributed by atoms with Crippen LogP contribution in [0.2, 0.25) is 0 Å². The molecule has 0 aromatic carbocycles. The van der Waals surface area contributed by atoms with E-state index in [1.807, 2.05) is 6.92 Å². The van der Waals surface area contributed by atoms with Gasteiger partial charge in [-0.1, -0.05) is 6.92 Å². The number of hydrogen-bond donors (Lipinski definition) is 0. The van der Waals surface area contributed by atoms with Crippen LogP contribution in [0.3, 0.4) is 0 Å². The first-order valence-corrected chi connectivity index (χ1v) is 4.36. The van der Waals surface area contributed by atoms with E-state index >= 15 is 0 Å². The summed E-state index contributed by atoms with van der Waals surface area (Å²) < 4.78 is 4.77. The van der Waals surface area contributed by atoms with Gasteiger partial charge in [-0.2, -0.15) is 0 Å². The molecule has 0 aliphatic heterocycles. The Hall–Kier alpha value is -0.860. The van der Waals surface area contributed by atoms with Crippen LogP contribution >= 0.6 is 0 Å². The Kier molecular flexibility index (Phi) is 6.34. The van der Waals surface area contributed by atoms with Crippen LogP contribution in [0.1, 0.15) is 33.6 Å². The number of nitrogens with zero attached hydrogens (tertiary/aromatic N) is 1. The number of carbonyl (C=O) groups excluding carboxylic acids is 1. The van der Waals surface area contributed by atoms with Crippen molar-refractivity contribution in [2.45, 2.75) is 33.6 Å². The van der Waals surface area contributed by atoms with Gasteiger partial charge in [-0.3, -0.25) is 9.79 Å². The first-order chi connectivity index (χ1) is 5.70.